The van der Waals surface area contributed by atoms with Crippen LogP contribution in [0.5, 0.6) is 0 Å². The molecule has 0 N–H and O–H groups in total. The Balaban J connectivity index is 2.12. The summed E-state index contributed by atoms with van der Waals surface area (Å²) in [6.07, 6.45) is -0.952. The molecule has 0 fully saturated rings. The van der Waals surface area contributed by atoms with E-state index in [0.717, 1.165) is 5.56 Å². The first-order chi connectivity index (χ1) is 10.4. The van der Waals surface area contributed by atoms with E-state index in [1.165, 1.54) is 19.1 Å². The lowest BCUT2D eigenvalue weighted by Crippen LogP contribution is -2.25. The highest BCUT2D eigenvalue weighted by molar-refractivity contribution is 6.34. The Hall–Kier alpha value is -1.91. The van der Waals surface area contributed by atoms with Crippen LogP contribution in [0.15, 0.2) is 36.4 Å². The highest BCUT2D eigenvalue weighted by Crippen LogP contribution is 2.19. The molecule has 0 aliphatic rings. The van der Waals surface area contributed by atoms with Gasteiger partial charge in [-0.15, -0.1) is 0 Å². The third-order valence-corrected chi connectivity index (χ3v) is 3.51. The average molecular weight is 338 g/mol. The van der Waals surface area contributed by atoms with Crippen LogP contribution >= 0.6 is 23.2 Å². The van der Waals surface area contributed by atoms with E-state index < -0.39 is 12.1 Å². The molecule has 2 aromatic rings. The van der Waals surface area contributed by atoms with Gasteiger partial charge in [0.05, 0.1) is 5.02 Å². The van der Waals surface area contributed by atoms with Gasteiger partial charge in [-0.05, 0) is 26.0 Å². The molecule has 0 saturated carbocycles. The van der Waals surface area contributed by atoms with Gasteiger partial charge >= 0.3 is 5.97 Å². The van der Waals surface area contributed by atoms with Crippen molar-refractivity contribution in [1.82, 2.24) is 4.98 Å². The molecule has 0 unspecified atom stereocenters. The Kier molecular flexibility index (Phi) is 5.16. The number of hydrogen-bond donors (Lipinski definition) is 0. The van der Waals surface area contributed by atoms with Crippen LogP contribution < -0.4 is 0 Å². The highest BCUT2D eigenvalue weighted by atomic mass is 35.5. The predicted molar refractivity (Wildman–Crippen MR) is 84.6 cm³/mol. The van der Waals surface area contributed by atoms with Crippen LogP contribution in [0.2, 0.25) is 10.2 Å². The van der Waals surface area contributed by atoms with E-state index in [4.69, 9.17) is 27.9 Å². The number of hydrogen-bond acceptors (Lipinski definition) is 4. The van der Waals surface area contributed by atoms with Gasteiger partial charge < -0.3 is 4.74 Å². The second-order valence-corrected chi connectivity index (χ2v) is 5.54. The van der Waals surface area contributed by atoms with Crippen molar-refractivity contribution in [3.8, 4) is 0 Å². The molecule has 22 heavy (non-hydrogen) atoms. The van der Waals surface area contributed by atoms with E-state index in [1.54, 1.807) is 12.1 Å². The van der Waals surface area contributed by atoms with Crippen molar-refractivity contribution >= 4 is 35.0 Å². The van der Waals surface area contributed by atoms with E-state index in [-0.39, 0.29) is 21.7 Å². The first-order valence-corrected chi connectivity index (χ1v) is 7.28. The quantitative estimate of drug-likeness (QED) is 0.478. The summed E-state index contributed by atoms with van der Waals surface area (Å²) in [6.45, 7) is 3.42. The molecule has 2 rings (SSSR count). The molecule has 0 saturated heterocycles. The zero-order valence-corrected chi connectivity index (χ0v) is 13.5. The fourth-order valence-electron chi connectivity index (χ4n) is 1.78. The molecule has 0 aliphatic carbocycles. The Morgan fingerprint density at radius 2 is 1.73 bits per heavy atom. The summed E-state index contributed by atoms with van der Waals surface area (Å²) in [6, 6.07) is 9.91. The lowest BCUT2D eigenvalue weighted by atomic mass is 10.1. The number of ketones is 1. The van der Waals surface area contributed by atoms with E-state index >= 15 is 0 Å². The van der Waals surface area contributed by atoms with Crippen LogP contribution in [0.1, 0.15) is 33.3 Å². The van der Waals surface area contributed by atoms with Crippen molar-refractivity contribution in [2.75, 3.05) is 0 Å². The van der Waals surface area contributed by atoms with E-state index in [9.17, 15) is 9.59 Å². The van der Waals surface area contributed by atoms with E-state index in [2.05, 4.69) is 4.98 Å². The number of aromatic nitrogens is 1. The summed E-state index contributed by atoms with van der Waals surface area (Å²) < 4.78 is 5.12. The maximum Gasteiger partial charge on any atom is 0.359 e. The second kappa shape index (κ2) is 6.90. The number of pyridine rings is 1. The number of carbonyl (C=O) groups is 2. The third kappa shape index (κ3) is 3.84. The van der Waals surface area contributed by atoms with Crippen LogP contribution in [-0.2, 0) is 4.74 Å². The molecule has 1 heterocycles. The summed E-state index contributed by atoms with van der Waals surface area (Å²) in [5.74, 6) is -1.09. The molecule has 0 bridgehead atoms. The molecule has 0 amide bonds. The lowest BCUT2D eigenvalue weighted by molar-refractivity contribution is 0.0313. The van der Waals surface area contributed by atoms with Gasteiger partial charge in [-0.3, -0.25) is 4.79 Å². The van der Waals surface area contributed by atoms with Gasteiger partial charge in [-0.1, -0.05) is 53.0 Å². The number of nitrogens with zero attached hydrogens (tertiary/aromatic N) is 1. The predicted octanol–water partition coefficient (Wildman–Crippen LogP) is 4.13. The smallest absolute Gasteiger partial charge is 0.359 e. The Morgan fingerprint density at radius 3 is 2.36 bits per heavy atom. The summed E-state index contributed by atoms with van der Waals surface area (Å²) in [5.41, 5.74) is 1.39. The van der Waals surface area contributed by atoms with Crippen molar-refractivity contribution in [3.63, 3.8) is 0 Å². The van der Waals surface area contributed by atoms with Crippen molar-refractivity contribution in [3.05, 3.63) is 63.4 Å². The molecule has 1 aromatic carbocycles. The van der Waals surface area contributed by atoms with Crippen LogP contribution in [0.4, 0.5) is 0 Å². The first-order valence-electron chi connectivity index (χ1n) is 6.52. The van der Waals surface area contributed by atoms with Crippen molar-refractivity contribution in [1.29, 1.82) is 0 Å². The lowest BCUT2D eigenvalue weighted by Gasteiger charge is -2.12. The SMILES string of the molecule is Cc1ccc(C(=O)[C@H](C)OC(=O)c2nc(Cl)ccc2Cl)cc1. The van der Waals surface area contributed by atoms with Gasteiger partial charge in [0.1, 0.15) is 5.15 Å². The fourth-order valence-corrected chi connectivity index (χ4v) is 2.11. The largest absolute Gasteiger partial charge is 0.449 e. The number of carbonyl (C=O) groups excluding carboxylic acids is 2. The molecule has 4 nitrogen and oxygen atoms in total. The second-order valence-electron chi connectivity index (χ2n) is 4.74. The highest BCUT2D eigenvalue weighted by Gasteiger charge is 2.22. The minimum atomic E-state index is -0.952. The molecule has 1 aromatic heterocycles. The number of rotatable bonds is 4. The first kappa shape index (κ1) is 16.5. The monoisotopic (exact) mass is 337 g/mol. The summed E-state index contributed by atoms with van der Waals surface area (Å²) >= 11 is 11.6. The molecule has 0 aliphatic heterocycles. The topological polar surface area (TPSA) is 56.3 Å². The van der Waals surface area contributed by atoms with Crippen LogP contribution in [-0.4, -0.2) is 22.8 Å². The number of aryl methyl sites for hydroxylation is 1. The molecule has 0 radical (unpaired) electrons. The van der Waals surface area contributed by atoms with Crippen molar-refractivity contribution in [2.45, 2.75) is 20.0 Å². The van der Waals surface area contributed by atoms with Crippen LogP contribution in [0.25, 0.3) is 0 Å². The van der Waals surface area contributed by atoms with Gasteiger partial charge in [0, 0.05) is 5.56 Å². The van der Waals surface area contributed by atoms with Crippen molar-refractivity contribution in [2.24, 2.45) is 0 Å². The summed E-state index contributed by atoms with van der Waals surface area (Å²) in [7, 11) is 0. The Morgan fingerprint density at radius 1 is 1.09 bits per heavy atom. The molecule has 6 heteroatoms. The van der Waals surface area contributed by atoms with Gasteiger partial charge in [-0.2, -0.15) is 0 Å². The maximum absolute atomic E-state index is 12.2. The maximum atomic E-state index is 12.2. The van der Waals surface area contributed by atoms with Gasteiger partial charge in [0.2, 0.25) is 5.78 Å². The van der Waals surface area contributed by atoms with Gasteiger partial charge in [0.15, 0.2) is 11.8 Å². The number of esters is 1. The molecule has 0 spiro atoms. The van der Waals surface area contributed by atoms with E-state index in [0.29, 0.717) is 5.56 Å². The molecule has 1 atom stereocenters. The number of halogens is 2. The average Bonchev–Trinajstić information content (AvgIpc) is 2.49. The third-order valence-electron chi connectivity index (χ3n) is 2.99. The summed E-state index contributed by atoms with van der Waals surface area (Å²) in [5, 5.41) is 0.234. The zero-order chi connectivity index (χ0) is 16.3. The number of benzene rings is 1. The van der Waals surface area contributed by atoms with Crippen LogP contribution in [0.3, 0.4) is 0 Å². The minimum Gasteiger partial charge on any atom is -0.449 e. The molecule has 114 valence electrons. The summed E-state index contributed by atoms with van der Waals surface area (Å²) in [4.78, 5) is 28.1. The normalized spacial score (nSPS) is 11.8. The Labute approximate surface area is 138 Å². The fraction of sp³-hybridized carbons (Fsp3) is 0.188. The van der Waals surface area contributed by atoms with E-state index in [1.807, 2.05) is 19.1 Å². The van der Waals surface area contributed by atoms with Gasteiger partial charge in [-0.25, -0.2) is 9.78 Å². The molecular weight excluding hydrogens is 325 g/mol. The van der Waals surface area contributed by atoms with Crippen molar-refractivity contribution < 1.29 is 14.3 Å². The number of ether oxygens (including phenoxy) is 1. The number of Topliss-reactive ketones (excluding diaryl/α,β-unsaturated/α-hetero) is 1. The molecular formula is C16H13Cl2NO3. The standard InChI is InChI=1S/C16H13Cl2NO3/c1-9-3-5-11(6-4-9)15(20)10(2)22-16(21)14-12(17)7-8-13(18)19-14/h3-8,10H,1-2H3/t10-/m0/s1. The van der Waals surface area contributed by atoms with Gasteiger partial charge in [0.25, 0.3) is 0 Å². The zero-order valence-electron chi connectivity index (χ0n) is 12.0. The van der Waals surface area contributed by atoms with Crippen LogP contribution in [0, 0.1) is 6.92 Å². The minimum absolute atomic E-state index is 0.113. The Bertz CT molecular complexity index is 714.